The third-order valence-corrected chi connectivity index (χ3v) is 3.19. The van der Waals surface area contributed by atoms with E-state index >= 15 is 0 Å². The molecular weight excluding hydrogens is 326 g/mol. The topological polar surface area (TPSA) is 111 Å². The van der Waals surface area contributed by atoms with E-state index in [4.69, 9.17) is 4.74 Å². The van der Waals surface area contributed by atoms with Crippen LogP contribution in [0.4, 0.5) is 5.69 Å². The van der Waals surface area contributed by atoms with Crippen LogP contribution in [0.1, 0.15) is 15.9 Å². The van der Waals surface area contributed by atoms with Crippen LogP contribution in [0.15, 0.2) is 54.6 Å². The molecule has 2 amide bonds. The Morgan fingerprint density at radius 2 is 1.76 bits per heavy atom. The van der Waals surface area contributed by atoms with Crippen LogP contribution < -0.4 is 15.6 Å². The van der Waals surface area contributed by atoms with Crippen LogP contribution in [0.2, 0.25) is 0 Å². The van der Waals surface area contributed by atoms with Gasteiger partial charge in [0.15, 0.2) is 0 Å². The number of benzene rings is 2. The van der Waals surface area contributed by atoms with Crippen molar-refractivity contribution in [2.24, 2.45) is 0 Å². The van der Waals surface area contributed by atoms with Gasteiger partial charge in [0.25, 0.3) is 17.5 Å². The highest BCUT2D eigenvalue weighted by molar-refractivity contribution is 6.00. The first kappa shape index (κ1) is 17.7. The van der Waals surface area contributed by atoms with E-state index in [1.807, 2.05) is 0 Å². The smallest absolute Gasteiger partial charge is 0.282 e. The molecule has 0 heterocycles. The number of nitrogens with one attached hydrogen (secondary N) is 2. The van der Waals surface area contributed by atoms with Crippen molar-refractivity contribution in [1.82, 2.24) is 10.9 Å². The zero-order valence-electron chi connectivity index (χ0n) is 13.3. The zero-order chi connectivity index (χ0) is 18.2. The van der Waals surface area contributed by atoms with Gasteiger partial charge in [0, 0.05) is 12.1 Å². The van der Waals surface area contributed by atoms with Crippen LogP contribution in [0.5, 0.6) is 5.75 Å². The van der Waals surface area contributed by atoms with Gasteiger partial charge >= 0.3 is 0 Å². The molecule has 0 aliphatic rings. The Labute approximate surface area is 143 Å². The van der Waals surface area contributed by atoms with Gasteiger partial charge in [-0.15, -0.1) is 0 Å². The molecule has 0 fully saturated rings. The summed E-state index contributed by atoms with van der Waals surface area (Å²) in [4.78, 5) is 33.9. The lowest BCUT2D eigenvalue weighted by molar-refractivity contribution is -0.385. The molecule has 2 rings (SSSR count). The Balaban J connectivity index is 1.94. The minimum atomic E-state index is -0.779. The summed E-state index contributed by atoms with van der Waals surface area (Å²) in [6.07, 6.45) is 2.77. The monoisotopic (exact) mass is 341 g/mol. The number of rotatable bonds is 5. The number of carbonyl (C=O) groups is 2. The first-order valence-electron chi connectivity index (χ1n) is 7.17. The molecule has 128 valence electrons. The van der Waals surface area contributed by atoms with Gasteiger partial charge in [0.05, 0.1) is 12.0 Å². The minimum Gasteiger partial charge on any atom is -0.497 e. The standard InChI is InChI=1S/C17H15N3O5/c1-25-13-9-6-12(7-10-13)8-11-16(21)18-19-17(22)14-4-2-3-5-15(14)20(23)24/h2-11H,1H3,(H,18,21)(H,19,22)/b11-8+. The maximum absolute atomic E-state index is 12.0. The van der Waals surface area contributed by atoms with Crippen molar-refractivity contribution < 1.29 is 19.2 Å². The van der Waals surface area contributed by atoms with Gasteiger partial charge < -0.3 is 4.74 Å². The van der Waals surface area contributed by atoms with Gasteiger partial charge in [-0.2, -0.15) is 0 Å². The molecule has 0 saturated heterocycles. The third-order valence-electron chi connectivity index (χ3n) is 3.19. The summed E-state index contributed by atoms with van der Waals surface area (Å²) in [5.41, 5.74) is 4.58. The zero-order valence-corrected chi connectivity index (χ0v) is 13.3. The third kappa shape index (κ3) is 4.90. The van der Waals surface area contributed by atoms with Crippen LogP contribution in [0.25, 0.3) is 6.08 Å². The van der Waals surface area contributed by atoms with Gasteiger partial charge in [-0.3, -0.25) is 30.6 Å². The van der Waals surface area contributed by atoms with E-state index < -0.39 is 16.7 Å². The van der Waals surface area contributed by atoms with Gasteiger partial charge in [-0.1, -0.05) is 24.3 Å². The second-order valence-corrected chi connectivity index (χ2v) is 4.82. The molecule has 0 aliphatic heterocycles. The van der Waals surface area contributed by atoms with Crippen molar-refractivity contribution in [3.63, 3.8) is 0 Å². The minimum absolute atomic E-state index is 0.146. The Morgan fingerprint density at radius 1 is 1.08 bits per heavy atom. The SMILES string of the molecule is COc1ccc(/C=C/C(=O)NNC(=O)c2ccccc2[N+](=O)[O-])cc1. The molecule has 0 bridgehead atoms. The second kappa shape index (κ2) is 8.25. The molecule has 0 radical (unpaired) electrons. The van der Waals surface area contributed by atoms with Crippen LogP contribution in [0.3, 0.4) is 0 Å². The molecule has 0 unspecified atom stereocenters. The number of hydrogen-bond acceptors (Lipinski definition) is 5. The predicted molar refractivity (Wildman–Crippen MR) is 90.7 cm³/mol. The summed E-state index contributed by atoms with van der Waals surface area (Å²) >= 11 is 0. The number of methoxy groups -OCH3 is 1. The molecule has 2 aromatic carbocycles. The normalized spacial score (nSPS) is 10.3. The van der Waals surface area contributed by atoms with Crippen LogP contribution in [0, 0.1) is 10.1 Å². The molecule has 0 atom stereocenters. The summed E-state index contributed by atoms with van der Waals surface area (Å²) in [6, 6.07) is 12.5. The summed E-state index contributed by atoms with van der Waals surface area (Å²) in [5, 5.41) is 10.9. The average molecular weight is 341 g/mol. The quantitative estimate of drug-likeness (QED) is 0.491. The van der Waals surface area contributed by atoms with Crippen molar-refractivity contribution in [2.75, 3.05) is 7.11 Å². The lowest BCUT2D eigenvalue weighted by Gasteiger charge is -2.05. The maximum Gasteiger partial charge on any atom is 0.282 e. The van der Waals surface area contributed by atoms with Crippen molar-refractivity contribution in [2.45, 2.75) is 0 Å². The average Bonchev–Trinajstić information content (AvgIpc) is 2.64. The van der Waals surface area contributed by atoms with Crippen LogP contribution in [-0.4, -0.2) is 23.8 Å². The first-order chi connectivity index (χ1) is 12.0. The Bertz CT molecular complexity index is 815. The van der Waals surface area contributed by atoms with Gasteiger partial charge in [-0.05, 0) is 29.8 Å². The number of carbonyl (C=O) groups excluding carboxylic acids is 2. The van der Waals surface area contributed by atoms with E-state index in [-0.39, 0.29) is 11.3 Å². The maximum atomic E-state index is 12.0. The highest BCUT2D eigenvalue weighted by Crippen LogP contribution is 2.17. The molecular formula is C17H15N3O5. The number of nitro groups is 1. The molecule has 0 spiro atoms. The highest BCUT2D eigenvalue weighted by atomic mass is 16.6. The number of para-hydroxylation sites is 1. The molecule has 8 heteroatoms. The number of amides is 2. The van der Waals surface area contributed by atoms with E-state index in [1.54, 1.807) is 37.5 Å². The number of hydrogen-bond donors (Lipinski definition) is 2. The molecule has 2 aromatic rings. The highest BCUT2D eigenvalue weighted by Gasteiger charge is 2.19. The lowest BCUT2D eigenvalue weighted by Crippen LogP contribution is -2.40. The van der Waals surface area contributed by atoms with E-state index in [9.17, 15) is 19.7 Å². The fraction of sp³-hybridized carbons (Fsp3) is 0.0588. The molecule has 2 N–H and O–H groups in total. The number of nitro benzene ring substituents is 1. The van der Waals surface area contributed by atoms with Crippen molar-refractivity contribution >= 4 is 23.6 Å². The number of hydrazine groups is 1. The van der Waals surface area contributed by atoms with Crippen LogP contribution in [-0.2, 0) is 4.79 Å². The van der Waals surface area contributed by atoms with E-state index in [2.05, 4.69) is 10.9 Å². The second-order valence-electron chi connectivity index (χ2n) is 4.82. The number of nitrogens with zero attached hydrogens (tertiary/aromatic N) is 1. The van der Waals surface area contributed by atoms with E-state index in [0.29, 0.717) is 5.75 Å². The van der Waals surface area contributed by atoms with Crippen molar-refractivity contribution in [3.05, 3.63) is 75.8 Å². The fourth-order valence-electron chi connectivity index (χ4n) is 1.94. The van der Waals surface area contributed by atoms with Crippen LogP contribution >= 0.6 is 0 Å². The molecule has 25 heavy (non-hydrogen) atoms. The fourth-order valence-corrected chi connectivity index (χ4v) is 1.94. The Hall–Kier alpha value is -3.68. The molecule has 0 aliphatic carbocycles. The first-order valence-corrected chi connectivity index (χ1v) is 7.17. The van der Waals surface area contributed by atoms with Gasteiger partial charge in [0.2, 0.25) is 0 Å². The predicted octanol–water partition coefficient (Wildman–Crippen LogP) is 2.08. The molecule has 0 aromatic heterocycles. The summed E-state index contributed by atoms with van der Waals surface area (Å²) < 4.78 is 5.03. The molecule has 0 saturated carbocycles. The Kier molecular flexibility index (Phi) is 5.83. The summed E-state index contributed by atoms with van der Waals surface area (Å²) in [5.74, 6) is -0.667. The number of ether oxygens (including phenoxy) is 1. The molecule has 8 nitrogen and oxygen atoms in total. The van der Waals surface area contributed by atoms with Crippen molar-refractivity contribution in [3.8, 4) is 5.75 Å². The Morgan fingerprint density at radius 3 is 2.40 bits per heavy atom. The lowest BCUT2D eigenvalue weighted by atomic mass is 10.2. The summed E-state index contributed by atoms with van der Waals surface area (Å²) in [7, 11) is 1.55. The van der Waals surface area contributed by atoms with E-state index in [1.165, 1.54) is 30.3 Å². The van der Waals surface area contributed by atoms with Crippen molar-refractivity contribution in [1.29, 1.82) is 0 Å². The summed E-state index contributed by atoms with van der Waals surface area (Å²) in [6.45, 7) is 0. The largest absolute Gasteiger partial charge is 0.497 e. The van der Waals surface area contributed by atoms with E-state index in [0.717, 1.165) is 5.56 Å². The van der Waals surface area contributed by atoms with Gasteiger partial charge in [-0.25, -0.2) is 0 Å². The van der Waals surface area contributed by atoms with Gasteiger partial charge in [0.1, 0.15) is 11.3 Å².